The van der Waals surface area contributed by atoms with Crippen LogP contribution in [0.2, 0.25) is 0 Å². The molecule has 0 saturated carbocycles. The molecule has 110 valence electrons. The third kappa shape index (κ3) is 3.69. The number of nitrogens with two attached hydrogens (primary N) is 1. The molecule has 3 N–H and O–H groups in total. The summed E-state index contributed by atoms with van der Waals surface area (Å²) < 4.78 is 0. The monoisotopic (exact) mass is 270 g/mol. The summed E-state index contributed by atoms with van der Waals surface area (Å²) in [6, 6.07) is -0.718. The van der Waals surface area contributed by atoms with Gasteiger partial charge in [-0.2, -0.15) is 0 Å². The first kappa shape index (κ1) is 16.0. The average molecular weight is 270 g/mol. The van der Waals surface area contributed by atoms with Crippen molar-refractivity contribution in [2.45, 2.75) is 52.5 Å². The van der Waals surface area contributed by atoms with Crippen LogP contribution in [0.25, 0.3) is 0 Å². The van der Waals surface area contributed by atoms with Crippen LogP contribution in [0.15, 0.2) is 0 Å². The number of carboxylic acid groups (broad SMARTS) is 1. The number of amides is 1. The van der Waals surface area contributed by atoms with E-state index in [4.69, 9.17) is 5.73 Å². The summed E-state index contributed by atoms with van der Waals surface area (Å²) in [6.07, 6.45) is 2.90. The van der Waals surface area contributed by atoms with E-state index >= 15 is 0 Å². The van der Waals surface area contributed by atoms with Crippen LogP contribution in [0.1, 0.15) is 46.5 Å². The number of rotatable bonds is 5. The van der Waals surface area contributed by atoms with Crippen LogP contribution in [0.4, 0.5) is 0 Å². The highest BCUT2D eigenvalue weighted by molar-refractivity contribution is 5.84. The Morgan fingerprint density at radius 1 is 1.47 bits per heavy atom. The predicted molar refractivity (Wildman–Crippen MR) is 73.6 cm³/mol. The molecule has 0 aromatic carbocycles. The Balaban J connectivity index is 2.84. The zero-order chi connectivity index (χ0) is 14.6. The van der Waals surface area contributed by atoms with Gasteiger partial charge in [0.1, 0.15) is 6.04 Å². The van der Waals surface area contributed by atoms with E-state index in [1.54, 1.807) is 4.90 Å². The highest BCUT2D eigenvalue weighted by Crippen LogP contribution is 2.35. The van der Waals surface area contributed by atoms with Crippen molar-refractivity contribution < 1.29 is 14.7 Å². The summed E-state index contributed by atoms with van der Waals surface area (Å²) in [5.74, 6) is -0.830. The van der Waals surface area contributed by atoms with Gasteiger partial charge < -0.3 is 15.7 Å². The van der Waals surface area contributed by atoms with E-state index in [0.717, 1.165) is 19.3 Å². The third-order valence-corrected chi connectivity index (χ3v) is 4.20. The lowest BCUT2D eigenvalue weighted by Crippen LogP contribution is -2.56. The molecule has 1 saturated heterocycles. The Morgan fingerprint density at radius 2 is 2.11 bits per heavy atom. The number of aliphatic carboxylic acids is 1. The zero-order valence-electron chi connectivity index (χ0n) is 12.2. The van der Waals surface area contributed by atoms with Crippen LogP contribution in [0.3, 0.4) is 0 Å². The van der Waals surface area contributed by atoms with Crippen LogP contribution in [0.5, 0.6) is 0 Å². The number of hydrogen-bond acceptors (Lipinski definition) is 3. The van der Waals surface area contributed by atoms with Gasteiger partial charge in [-0.1, -0.05) is 27.2 Å². The SMILES string of the molecule is CCC(CN)CC(=O)N1CCCC(C)(C)C1C(=O)O. The molecule has 2 unspecified atom stereocenters. The number of carboxylic acids is 1. The molecule has 0 aromatic heterocycles. The van der Waals surface area contributed by atoms with Crippen LogP contribution >= 0.6 is 0 Å². The molecule has 2 atom stereocenters. The van der Waals surface area contributed by atoms with Crippen molar-refractivity contribution in [3.63, 3.8) is 0 Å². The lowest BCUT2D eigenvalue weighted by molar-refractivity contribution is -0.159. The van der Waals surface area contributed by atoms with E-state index in [9.17, 15) is 14.7 Å². The fourth-order valence-electron chi connectivity index (χ4n) is 2.89. The maximum atomic E-state index is 12.3. The third-order valence-electron chi connectivity index (χ3n) is 4.20. The Labute approximate surface area is 115 Å². The standard InChI is InChI=1S/C14H26N2O3/c1-4-10(9-15)8-11(17)16-7-5-6-14(2,3)12(16)13(18)19/h10,12H,4-9,15H2,1-3H3,(H,18,19). The normalized spacial score (nSPS) is 24.0. The summed E-state index contributed by atoms with van der Waals surface area (Å²) in [7, 11) is 0. The summed E-state index contributed by atoms with van der Waals surface area (Å²) in [5, 5.41) is 9.42. The first-order chi connectivity index (χ1) is 8.83. The lowest BCUT2D eigenvalue weighted by atomic mass is 9.76. The molecule has 19 heavy (non-hydrogen) atoms. The van der Waals surface area contributed by atoms with Crippen molar-refractivity contribution in [3.05, 3.63) is 0 Å². The minimum atomic E-state index is -0.904. The minimum absolute atomic E-state index is 0.0718. The second-order valence-electron chi connectivity index (χ2n) is 6.13. The molecule has 1 fully saturated rings. The Bertz CT molecular complexity index is 338. The van der Waals surface area contributed by atoms with E-state index in [1.807, 2.05) is 20.8 Å². The van der Waals surface area contributed by atoms with Gasteiger partial charge in [-0.05, 0) is 30.7 Å². The first-order valence-electron chi connectivity index (χ1n) is 7.05. The van der Waals surface area contributed by atoms with Gasteiger partial charge >= 0.3 is 5.97 Å². The van der Waals surface area contributed by atoms with Crippen LogP contribution in [-0.4, -0.2) is 41.0 Å². The molecular formula is C14H26N2O3. The second-order valence-corrected chi connectivity index (χ2v) is 6.13. The van der Waals surface area contributed by atoms with Crippen molar-refractivity contribution >= 4 is 11.9 Å². The highest BCUT2D eigenvalue weighted by atomic mass is 16.4. The highest BCUT2D eigenvalue weighted by Gasteiger charge is 2.44. The van der Waals surface area contributed by atoms with Crippen molar-refractivity contribution in [1.29, 1.82) is 0 Å². The molecule has 1 rings (SSSR count). The molecule has 5 heteroatoms. The van der Waals surface area contributed by atoms with Crippen LogP contribution in [0, 0.1) is 11.3 Å². The summed E-state index contributed by atoms with van der Waals surface area (Å²) in [6.45, 7) is 6.86. The van der Waals surface area contributed by atoms with Gasteiger partial charge in [0.15, 0.2) is 0 Å². The molecule has 0 aromatic rings. The van der Waals surface area contributed by atoms with E-state index in [1.165, 1.54) is 0 Å². The molecular weight excluding hydrogens is 244 g/mol. The molecule has 0 aliphatic carbocycles. The number of carbonyl (C=O) groups is 2. The van der Waals surface area contributed by atoms with Crippen molar-refractivity contribution in [2.75, 3.05) is 13.1 Å². The predicted octanol–water partition coefficient (Wildman–Crippen LogP) is 1.46. The smallest absolute Gasteiger partial charge is 0.326 e. The van der Waals surface area contributed by atoms with Crippen LogP contribution < -0.4 is 5.73 Å². The second kappa shape index (κ2) is 6.37. The molecule has 5 nitrogen and oxygen atoms in total. The largest absolute Gasteiger partial charge is 0.480 e. The van der Waals surface area contributed by atoms with Crippen LogP contribution in [-0.2, 0) is 9.59 Å². The number of carbonyl (C=O) groups excluding carboxylic acids is 1. The summed E-state index contributed by atoms with van der Waals surface area (Å²) in [5.41, 5.74) is 5.25. The minimum Gasteiger partial charge on any atom is -0.480 e. The van der Waals surface area contributed by atoms with Gasteiger partial charge in [-0.3, -0.25) is 4.79 Å². The molecule has 0 spiro atoms. The molecule has 0 bridgehead atoms. The Hall–Kier alpha value is -1.10. The number of piperidine rings is 1. The fourth-order valence-corrected chi connectivity index (χ4v) is 2.89. The van der Waals surface area contributed by atoms with Crippen molar-refractivity contribution in [2.24, 2.45) is 17.1 Å². The van der Waals surface area contributed by atoms with Gasteiger partial charge in [0, 0.05) is 13.0 Å². The fraction of sp³-hybridized carbons (Fsp3) is 0.857. The average Bonchev–Trinajstić information content (AvgIpc) is 2.33. The zero-order valence-corrected chi connectivity index (χ0v) is 12.2. The maximum absolute atomic E-state index is 12.3. The van der Waals surface area contributed by atoms with E-state index in [-0.39, 0.29) is 17.2 Å². The quantitative estimate of drug-likeness (QED) is 0.792. The maximum Gasteiger partial charge on any atom is 0.326 e. The van der Waals surface area contributed by atoms with Crippen molar-refractivity contribution in [1.82, 2.24) is 4.90 Å². The molecule has 1 aliphatic rings. The molecule has 1 heterocycles. The van der Waals surface area contributed by atoms with Gasteiger partial charge in [-0.25, -0.2) is 4.79 Å². The summed E-state index contributed by atoms with van der Waals surface area (Å²) in [4.78, 5) is 25.4. The Morgan fingerprint density at radius 3 is 2.58 bits per heavy atom. The number of likely N-dealkylation sites (tertiary alicyclic amines) is 1. The first-order valence-corrected chi connectivity index (χ1v) is 7.05. The molecule has 1 aliphatic heterocycles. The van der Waals surface area contributed by atoms with Crippen molar-refractivity contribution in [3.8, 4) is 0 Å². The molecule has 1 amide bonds. The molecule has 0 radical (unpaired) electrons. The van der Waals surface area contributed by atoms with E-state index < -0.39 is 12.0 Å². The topological polar surface area (TPSA) is 83.6 Å². The Kier molecular flexibility index (Phi) is 5.35. The van der Waals surface area contributed by atoms with Gasteiger partial charge in [0.05, 0.1) is 0 Å². The number of hydrogen-bond donors (Lipinski definition) is 2. The summed E-state index contributed by atoms with van der Waals surface area (Å²) >= 11 is 0. The van der Waals surface area contributed by atoms with Gasteiger partial charge in [-0.15, -0.1) is 0 Å². The number of nitrogens with zero attached hydrogens (tertiary/aromatic N) is 1. The van der Waals surface area contributed by atoms with E-state index in [0.29, 0.717) is 19.5 Å². The van der Waals surface area contributed by atoms with Gasteiger partial charge in [0.2, 0.25) is 5.91 Å². The van der Waals surface area contributed by atoms with E-state index in [2.05, 4.69) is 0 Å². The lowest BCUT2D eigenvalue weighted by Gasteiger charge is -2.44. The van der Waals surface area contributed by atoms with Gasteiger partial charge in [0.25, 0.3) is 0 Å².